The van der Waals surface area contributed by atoms with E-state index in [0.29, 0.717) is 0 Å². The first kappa shape index (κ1) is 25.6. The largest absolute Gasteiger partial charge is 0.478 e. The summed E-state index contributed by atoms with van der Waals surface area (Å²) in [6.45, 7) is 1.48. The van der Waals surface area contributed by atoms with Crippen molar-refractivity contribution in [1.29, 1.82) is 0 Å². The van der Waals surface area contributed by atoms with Gasteiger partial charge < -0.3 is 19.5 Å². The van der Waals surface area contributed by atoms with Crippen LogP contribution in [0.5, 0.6) is 5.75 Å². The minimum atomic E-state index is -1.35. The maximum atomic E-state index is 12.4. The summed E-state index contributed by atoms with van der Waals surface area (Å²) in [4.78, 5) is 57.9. The molecular formula is C19H22N4O9S. The van der Waals surface area contributed by atoms with Crippen molar-refractivity contribution in [2.75, 3.05) is 34.1 Å². The molecule has 13 nitrogen and oxygen atoms in total. The Labute approximate surface area is 192 Å². The van der Waals surface area contributed by atoms with Gasteiger partial charge in [-0.1, -0.05) is 0 Å². The molecule has 2 rings (SSSR count). The number of carboxylic acids is 1. The summed E-state index contributed by atoms with van der Waals surface area (Å²) in [5, 5.41) is 22.3. The fourth-order valence-corrected chi connectivity index (χ4v) is 3.32. The van der Waals surface area contributed by atoms with E-state index in [0.717, 1.165) is 29.0 Å². The predicted octanol–water partition coefficient (Wildman–Crippen LogP) is 1.44. The fourth-order valence-electron chi connectivity index (χ4n) is 2.73. The van der Waals surface area contributed by atoms with Crippen molar-refractivity contribution >= 4 is 35.3 Å². The molecule has 1 N–H and O–H groups in total. The van der Waals surface area contributed by atoms with Crippen molar-refractivity contribution < 1.29 is 38.7 Å². The summed E-state index contributed by atoms with van der Waals surface area (Å²) in [6, 6.07) is 3.44. The van der Waals surface area contributed by atoms with Crippen LogP contribution >= 0.6 is 11.8 Å². The van der Waals surface area contributed by atoms with Gasteiger partial charge in [-0.25, -0.2) is 14.6 Å². The Morgan fingerprint density at radius 3 is 2.39 bits per heavy atom. The van der Waals surface area contributed by atoms with Crippen LogP contribution in [0.2, 0.25) is 0 Å². The minimum Gasteiger partial charge on any atom is -0.478 e. The summed E-state index contributed by atoms with van der Waals surface area (Å²) >= 11 is 1.08. The van der Waals surface area contributed by atoms with Crippen LogP contribution in [0.25, 0.3) is 0 Å². The highest BCUT2D eigenvalue weighted by Crippen LogP contribution is 2.31. The second kappa shape index (κ2) is 10.8. The van der Waals surface area contributed by atoms with Gasteiger partial charge in [0.25, 0.3) is 5.91 Å². The zero-order valence-electron chi connectivity index (χ0n) is 18.4. The molecule has 33 heavy (non-hydrogen) atoms. The highest BCUT2D eigenvalue weighted by molar-refractivity contribution is 7.99. The third-order valence-corrected chi connectivity index (χ3v) is 4.87. The van der Waals surface area contributed by atoms with E-state index < -0.39 is 45.6 Å². The van der Waals surface area contributed by atoms with Crippen molar-refractivity contribution in [1.82, 2.24) is 9.96 Å². The van der Waals surface area contributed by atoms with Gasteiger partial charge in [-0.15, -0.1) is 11.8 Å². The molecule has 0 radical (unpaired) electrons. The summed E-state index contributed by atoms with van der Waals surface area (Å²) < 4.78 is 10.6. The standard InChI is InChI=1S/C19H22N4O9S/c1-6-31-18(27)13-14(23(28)29)16(22(30-4)19(20-13)33-5)32-12-8-10(15(24)21(2)3)7-11(9-12)17(25)26/h7-9,19H,6H2,1-5H3,(H,25,26). The Balaban J connectivity index is 2.72. The van der Waals surface area contributed by atoms with E-state index in [-0.39, 0.29) is 23.5 Å². The van der Waals surface area contributed by atoms with E-state index in [1.165, 1.54) is 39.1 Å². The molecule has 0 bridgehead atoms. The van der Waals surface area contributed by atoms with Crippen LogP contribution in [0.15, 0.2) is 34.8 Å². The zero-order chi connectivity index (χ0) is 24.9. The lowest BCUT2D eigenvalue weighted by Crippen LogP contribution is -2.42. The molecule has 0 aromatic heterocycles. The van der Waals surface area contributed by atoms with E-state index in [1.807, 2.05) is 0 Å². The lowest BCUT2D eigenvalue weighted by atomic mass is 10.1. The van der Waals surface area contributed by atoms with Crippen LogP contribution in [-0.2, 0) is 14.4 Å². The van der Waals surface area contributed by atoms with E-state index in [1.54, 1.807) is 6.26 Å². The molecule has 0 fully saturated rings. The molecule has 0 saturated carbocycles. The summed E-state index contributed by atoms with van der Waals surface area (Å²) in [7, 11) is 4.16. The Morgan fingerprint density at radius 1 is 1.27 bits per heavy atom. The molecule has 0 saturated heterocycles. The number of thioether (sulfide) groups is 1. The average molecular weight is 482 g/mol. The highest BCUT2D eigenvalue weighted by atomic mass is 32.2. The van der Waals surface area contributed by atoms with Crippen LogP contribution in [0.3, 0.4) is 0 Å². The lowest BCUT2D eigenvalue weighted by molar-refractivity contribution is -0.421. The van der Waals surface area contributed by atoms with E-state index in [9.17, 15) is 29.6 Å². The van der Waals surface area contributed by atoms with Gasteiger partial charge in [0.1, 0.15) is 5.75 Å². The summed E-state index contributed by atoms with van der Waals surface area (Å²) in [6.07, 6.45) is 1.62. The van der Waals surface area contributed by atoms with Gasteiger partial charge in [0.05, 0.1) is 24.2 Å². The lowest BCUT2D eigenvalue weighted by Gasteiger charge is -2.31. The van der Waals surface area contributed by atoms with Gasteiger partial charge >= 0.3 is 23.5 Å². The molecule has 178 valence electrons. The fraction of sp³-hybridized carbons (Fsp3) is 0.368. The van der Waals surface area contributed by atoms with E-state index in [4.69, 9.17) is 14.3 Å². The molecule has 1 aliphatic rings. The molecule has 0 spiro atoms. The number of esters is 1. The van der Waals surface area contributed by atoms with Gasteiger partial charge in [-0.05, 0) is 31.4 Å². The zero-order valence-corrected chi connectivity index (χ0v) is 19.2. The number of nitrogens with zero attached hydrogens (tertiary/aromatic N) is 4. The number of hydrogen-bond acceptors (Lipinski definition) is 11. The number of carbonyl (C=O) groups excluding carboxylic acids is 2. The molecule has 1 atom stereocenters. The van der Waals surface area contributed by atoms with Crippen molar-refractivity contribution in [2.45, 2.75) is 12.4 Å². The maximum absolute atomic E-state index is 12.4. The molecule has 1 aliphatic heterocycles. The number of amides is 1. The smallest absolute Gasteiger partial charge is 0.364 e. The van der Waals surface area contributed by atoms with Crippen LogP contribution < -0.4 is 4.74 Å². The van der Waals surface area contributed by atoms with E-state index in [2.05, 4.69) is 4.99 Å². The second-order valence-corrected chi connectivity index (χ2v) is 7.43. The molecule has 1 aromatic carbocycles. The first-order valence-corrected chi connectivity index (χ1v) is 10.6. The molecule has 1 heterocycles. The van der Waals surface area contributed by atoms with Crippen molar-refractivity contribution in [2.24, 2.45) is 4.99 Å². The van der Waals surface area contributed by atoms with Gasteiger partial charge in [0.15, 0.2) is 5.50 Å². The Morgan fingerprint density at radius 2 is 1.91 bits per heavy atom. The molecule has 0 aliphatic carbocycles. The number of hydrogen-bond donors (Lipinski definition) is 1. The molecular weight excluding hydrogens is 460 g/mol. The maximum Gasteiger partial charge on any atom is 0.364 e. The quantitative estimate of drug-likeness (QED) is 0.308. The third-order valence-electron chi connectivity index (χ3n) is 4.15. The normalized spacial score (nSPS) is 15.6. The molecule has 14 heteroatoms. The second-order valence-electron chi connectivity index (χ2n) is 6.53. The van der Waals surface area contributed by atoms with Crippen molar-refractivity contribution in [3.05, 3.63) is 51.0 Å². The third kappa shape index (κ3) is 5.59. The van der Waals surface area contributed by atoms with Gasteiger partial charge in [0, 0.05) is 19.7 Å². The topological polar surface area (TPSA) is 161 Å². The SMILES string of the molecule is CCOC(=O)C1=NC(SC)N(OC)C(Oc2cc(C(=O)O)cc(C(=O)N(C)C)c2)=C1[N+](=O)[O-]. The summed E-state index contributed by atoms with van der Waals surface area (Å²) in [5.41, 5.74) is -2.72. The minimum absolute atomic E-state index is 0.0290. The number of benzene rings is 1. The van der Waals surface area contributed by atoms with Gasteiger partial charge in [0.2, 0.25) is 5.71 Å². The number of carbonyl (C=O) groups is 3. The first-order valence-electron chi connectivity index (χ1n) is 9.33. The Kier molecular flexibility index (Phi) is 8.37. The first-order chi connectivity index (χ1) is 15.5. The molecule has 1 amide bonds. The van der Waals surface area contributed by atoms with Crippen molar-refractivity contribution in [3.63, 3.8) is 0 Å². The Bertz CT molecular complexity index is 1040. The van der Waals surface area contributed by atoms with Crippen LogP contribution in [0.4, 0.5) is 0 Å². The number of aliphatic imine (C=N–C) groups is 1. The molecule has 1 aromatic rings. The molecule has 1 unspecified atom stereocenters. The average Bonchev–Trinajstić information content (AvgIpc) is 2.77. The Hall–Kier alpha value is -3.65. The van der Waals surface area contributed by atoms with Crippen LogP contribution in [0, 0.1) is 10.1 Å². The number of nitro groups is 1. The van der Waals surface area contributed by atoms with Crippen LogP contribution in [0.1, 0.15) is 27.6 Å². The summed E-state index contributed by atoms with van der Waals surface area (Å²) in [5.74, 6) is -3.65. The number of rotatable bonds is 9. The van der Waals surface area contributed by atoms with Crippen LogP contribution in [-0.4, -0.2) is 83.1 Å². The van der Waals surface area contributed by atoms with Gasteiger partial charge in [-0.2, -0.15) is 5.06 Å². The number of hydroxylamine groups is 2. The predicted molar refractivity (Wildman–Crippen MR) is 116 cm³/mol. The monoisotopic (exact) mass is 482 g/mol. The van der Waals surface area contributed by atoms with E-state index >= 15 is 0 Å². The number of aromatic carboxylic acids is 1. The highest BCUT2D eigenvalue weighted by Gasteiger charge is 2.44. The number of ether oxygens (including phenoxy) is 2. The van der Waals surface area contributed by atoms with Gasteiger partial charge in [-0.3, -0.25) is 19.7 Å². The van der Waals surface area contributed by atoms with Crippen molar-refractivity contribution in [3.8, 4) is 5.75 Å². The number of carboxylic acid groups (broad SMARTS) is 1.